The Morgan fingerprint density at radius 2 is 1.62 bits per heavy atom. The molecule has 0 aromatic rings. The first kappa shape index (κ1) is 12.4. The normalized spacial score (nSPS) is 29.2. The smallest absolute Gasteiger partial charge is 0.0223 e. The van der Waals surface area contributed by atoms with E-state index in [1.54, 1.807) is 0 Å². The van der Waals surface area contributed by atoms with Gasteiger partial charge in [0.1, 0.15) is 0 Å². The molecule has 1 heterocycles. The summed E-state index contributed by atoms with van der Waals surface area (Å²) in [6.07, 6.45) is 11.5. The minimum Gasteiger partial charge on any atom is -0.315 e. The molecular formula is C14H28N2. The molecule has 2 rings (SSSR count). The zero-order valence-electron chi connectivity index (χ0n) is 10.9. The molecule has 94 valence electrons. The average molecular weight is 224 g/mol. The van der Waals surface area contributed by atoms with Gasteiger partial charge in [-0.05, 0) is 38.8 Å². The van der Waals surface area contributed by atoms with Gasteiger partial charge in [0.15, 0.2) is 0 Å². The summed E-state index contributed by atoms with van der Waals surface area (Å²) >= 11 is 0. The second-order valence-electron chi connectivity index (χ2n) is 5.48. The molecule has 1 atom stereocenters. The van der Waals surface area contributed by atoms with E-state index in [1.165, 1.54) is 71.0 Å². The van der Waals surface area contributed by atoms with Crippen LogP contribution in [0.1, 0.15) is 58.3 Å². The molecule has 0 bridgehead atoms. The monoisotopic (exact) mass is 224 g/mol. The average Bonchev–Trinajstić information content (AvgIpc) is 2.61. The summed E-state index contributed by atoms with van der Waals surface area (Å²) in [7, 11) is 0. The van der Waals surface area contributed by atoms with Crippen LogP contribution >= 0.6 is 0 Å². The zero-order valence-corrected chi connectivity index (χ0v) is 10.9. The minimum atomic E-state index is 0.821. The molecule has 1 aliphatic heterocycles. The van der Waals surface area contributed by atoms with Crippen molar-refractivity contribution in [1.29, 1.82) is 0 Å². The van der Waals surface area contributed by atoms with Gasteiger partial charge in [0.2, 0.25) is 0 Å². The number of rotatable bonds is 3. The molecule has 2 aliphatic rings. The van der Waals surface area contributed by atoms with E-state index in [0.717, 1.165) is 12.1 Å². The van der Waals surface area contributed by atoms with Crippen molar-refractivity contribution in [1.82, 2.24) is 10.2 Å². The van der Waals surface area contributed by atoms with E-state index >= 15 is 0 Å². The molecule has 0 radical (unpaired) electrons. The van der Waals surface area contributed by atoms with Crippen molar-refractivity contribution in [2.45, 2.75) is 70.4 Å². The molecule has 2 fully saturated rings. The van der Waals surface area contributed by atoms with Crippen LogP contribution in [0.25, 0.3) is 0 Å². The lowest BCUT2D eigenvalue weighted by Gasteiger charge is -2.39. The Bertz CT molecular complexity index is 179. The summed E-state index contributed by atoms with van der Waals surface area (Å²) in [6.45, 7) is 6.06. The van der Waals surface area contributed by atoms with Crippen LogP contribution in [0.4, 0.5) is 0 Å². The second-order valence-corrected chi connectivity index (χ2v) is 5.48. The van der Waals surface area contributed by atoms with E-state index < -0.39 is 0 Å². The summed E-state index contributed by atoms with van der Waals surface area (Å²) in [5, 5.41) is 3.56. The standard InChI is InChI=1S/C14H28N2/c1-2-16(14-10-7-11-15-12-14)13-8-5-3-4-6-9-13/h13-15H,2-12H2,1H3. The van der Waals surface area contributed by atoms with Crippen molar-refractivity contribution in [3.05, 3.63) is 0 Å². The number of nitrogens with one attached hydrogen (secondary N) is 1. The molecule has 0 aromatic carbocycles. The quantitative estimate of drug-likeness (QED) is 0.742. The summed E-state index contributed by atoms with van der Waals surface area (Å²) in [5.41, 5.74) is 0. The van der Waals surface area contributed by atoms with Crippen molar-refractivity contribution in [2.24, 2.45) is 0 Å². The molecule has 0 amide bonds. The van der Waals surface area contributed by atoms with E-state index in [2.05, 4.69) is 17.1 Å². The Labute approximate surface area is 101 Å². The van der Waals surface area contributed by atoms with Crippen LogP contribution in [0.5, 0.6) is 0 Å². The Morgan fingerprint density at radius 3 is 2.19 bits per heavy atom. The van der Waals surface area contributed by atoms with Crippen molar-refractivity contribution in [2.75, 3.05) is 19.6 Å². The first-order valence-corrected chi connectivity index (χ1v) is 7.38. The Morgan fingerprint density at radius 1 is 0.938 bits per heavy atom. The van der Waals surface area contributed by atoms with Crippen molar-refractivity contribution in [3.8, 4) is 0 Å². The number of hydrogen-bond donors (Lipinski definition) is 1. The third-order valence-corrected chi connectivity index (χ3v) is 4.40. The molecule has 0 aromatic heterocycles. The lowest BCUT2D eigenvalue weighted by molar-refractivity contribution is 0.108. The van der Waals surface area contributed by atoms with E-state index in [1.807, 2.05) is 0 Å². The molecule has 0 spiro atoms. The van der Waals surface area contributed by atoms with Crippen LogP contribution < -0.4 is 5.32 Å². The lowest BCUT2D eigenvalue weighted by Crippen LogP contribution is -2.50. The highest BCUT2D eigenvalue weighted by Gasteiger charge is 2.26. The van der Waals surface area contributed by atoms with Crippen LogP contribution in [-0.4, -0.2) is 36.6 Å². The predicted molar refractivity (Wildman–Crippen MR) is 69.8 cm³/mol. The molecule has 2 heteroatoms. The van der Waals surface area contributed by atoms with Gasteiger partial charge in [-0.3, -0.25) is 4.90 Å². The van der Waals surface area contributed by atoms with Crippen molar-refractivity contribution >= 4 is 0 Å². The van der Waals surface area contributed by atoms with Crippen LogP contribution in [-0.2, 0) is 0 Å². The van der Waals surface area contributed by atoms with E-state index in [-0.39, 0.29) is 0 Å². The van der Waals surface area contributed by atoms with Gasteiger partial charge in [-0.1, -0.05) is 32.6 Å². The number of hydrogen-bond acceptors (Lipinski definition) is 2. The Kier molecular flexibility index (Phi) is 5.11. The number of likely N-dealkylation sites (N-methyl/N-ethyl adjacent to an activating group) is 1. The maximum Gasteiger partial charge on any atom is 0.0223 e. The van der Waals surface area contributed by atoms with Gasteiger partial charge >= 0.3 is 0 Å². The third-order valence-electron chi connectivity index (χ3n) is 4.40. The van der Waals surface area contributed by atoms with Crippen LogP contribution in [0.15, 0.2) is 0 Å². The number of nitrogens with zero attached hydrogens (tertiary/aromatic N) is 1. The van der Waals surface area contributed by atoms with Crippen molar-refractivity contribution in [3.63, 3.8) is 0 Å². The van der Waals surface area contributed by atoms with Gasteiger partial charge in [0, 0.05) is 18.6 Å². The Hall–Kier alpha value is -0.0800. The molecule has 1 unspecified atom stereocenters. The van der Waals surface area contributed by atoms with E-state index in [0.29, 0.717) is 0 Å². The molecule has 1 aliphatic carbocycles. The summed E-state index contributed by atoms with van der Waals surface area (Å²) in [6, 6.07) is 1.71. The van der Waals surface area contributed by atoms with Gasteiger partial charge in [0.05, 0.1) is 0 Å². The topological polar surface area (TPSA) is 15.3 Å². The maximum absolute atomic E-state index is 3.56. The largest absolute Gasteiger partial charge is 0.315 e. The number of piperidine rings is 1. The van der Waals surface area contributed by atoms with Crippen LogP contribution in [0, 0.1) is 0 Å². The van der Waals surface area contributed by atoms with Gasteiger partial charge in [-0.25, -0.2) is 0 Å². The molecule has 16 heavy (non-hydrogen) atoms. The summed E-state index contributed by atoms with van der Waals surface area (Å²) in [4.78, 5) is 2.80. The van der Waals surface area contributed by atoms with E-state index in [9.17, 15) is 0 Å². The fraction of sp³-hybridized carbons (Fsp3) is 1.00. The SMILES string of the molecule is CCN(C1CCCCCC1)C1CCCNC1. The zero-order chi connectivity index (χ0) is 11.2. The summed E-state index contributed by atoms with van der Waals surface area (Å²) < 4.78 is 0. The van der Waals surface area contributed by atoms with Gasteiger partial charge < -0.3 is 5.32 Å². The first-order valence-electron chi connectivity index (χ1n) is 7.38. The third kappa shape index (κ3) is 3.21. The molecule has 1 saturated heterocycles. The highest BCUT2D eigenvalue weighted by atomic mass is 15.2. The Balaban J connectivity index is 1.90. The van der Waals surface area contributed by atoms with E-state index in [4.69, 9.17) is 0 Å². The van der Waals surface area contributed by atoms with Crippen LogP contribution in [0.3, 0.4) is 0 Å². The molecule has 1 N–H and O–H groups in total. The fourth-order valence-electron chi connectivity index (χ4n) is 3.52. The predicted octanol–water partition coefficient (Wildman–Crippen LogP) is 2.78. The molecule has 1 saturated carbocycles. The maximum atomic E-state index is 3.56. The van der Waals surface area contributed by atoms with Gasteiger partial charge in [0.25, 0.3) is 0 Å². The van der Waals surface area contributed by atoms with Gasteiger partial charge in [-0.15, -0.1) is 0 Å². The highest BCUT2D eigenvalue weighted by molar-refractivity contribution is 4.83. The summed E-state index contributed by atoms with van der Waals surface area (Å²) in [5.74, 6) is 0. The molecule has 2 nitrogen and oxygen atoms in total. The lowest BCUT2D eigenvalue weighted by atomic mass is 10.00. The molecular weight excluding hydrogens is 196 g/mol. The highest BCUT2D eigenvalue weighted by Crippen LogP contribution is 2.25. The van der Waals surface area contributed by atoms with Gasteiger partial charge in [-0.2, -0.15) is 0 Å². The second kappa shape index (κ2) is 6.61. The first-order chi connectivity index (χ1) is 7.92. The minimum absolute atomic E-state index is 0.821. The fourth-order valence-corrected chi connectivity index (χ4v) is 3.52. The van der Waals surface area contributed by atoms with Crippen LogP contribution in [0.2, 0.25) is 0 Å². The van der Waals surface area contributed by atoms with Crippen molar-refractivity contribution < 1.29 is 0 Å².